The first-order valence-electron chi connectivity index (χ1n) is 7.25. The molecule has 0 spiro atoms. The highest BCUT2D eigenvalue weighted by Crippen LogP contribution is 2.17. The van der Waals surface area contributed by atoms with Crippen molar-refractivity contribution in [1.82, 2.24) is 20.3 Å². The third-order valence-electron chi connectivity index (χ3n) is 3.75. The molecule has 1 aromatic heterocycles. The molecule has 0 saturated carbocycles. The van der Waals surface area contributed by atoms with Crippen LogP contribution in [-0.4, -0.2) is 38.7 Å². The largest absolute Gasteiger partial charge is 0.396 e. The second-order valence-corrected chi connectivity index (χ2v) is 5.53. The molecular weight excluding hydrogens is 280 g/mol. The minimum absolute atomic E-state index is 0.0609. The molecule has 2 aromatic rings. The minimum atomic E-state index is -0.258. The highest BCUT2D eigenvalue weighted by molar-refractivity contribution is 5.92. The monoisotopic (exact) mass is 298 g/mol. The zero-order valence-electron chi connectivity index (χ0n) is 12.3. The van der Waals surface area contributed by atoms with Gasteiger partial charge < -0.3 is 10.4 Å². The number of carbonyl (C=O) groups excluding carboxylic acids is 1. The van der Waals surface area contributed by atoms with E-state index in [9.17, 15) is 4.79 Å². The lowest BCUT2D eigenvalue weighted by Crippen LogP contribution is -2.33. The number of nitrogens with one attached hydrogen (secondary N) is 1. The molecule has 0 aliphatic heterocycles. The Labute approximate surface area is 128 Å². The molecule has 3 rings (SSSR count). The average Bonchev–Trinajstić information content (AvgIpc) is 3.17. The first-order valence-corrected chi connectivity index (χ1v) is 7.25. The molecular formula is C16H18N4O2. The highest BCUT2D eigenvalue weighted by atomic mass is 16.3. The SMILES string of the molecule is Cc1ccc(-n2cc(C(=O)N[C@@H]3C=C[C@H](CO)C3)nn2)cc1. The number of nitrogens with zero attached hydrogens (tertiary/aromatic N) is 3. The van der Waals surface area contributed by atoms with E-state index in [2.05, 4.69) is 15.6 Å². The number of hydrogen-bond donors (Lipinski definition) is 2. The summed E-state index contributed by atoms with van der Waals surface area (Å²) >= 11 is 0. The molecule has 0 saturated heterocycles. The first kappa shape index (κ1) is 14.5. The van der Waals surface area contributed by atoms with E-state index in [0.717, 1.165) is 11.3 Å². The van der Waals surface area contributed by atoms with Crippen LogP contribution in [0.1, 0.15) is 22.5 Å². The Kier molecular flexibility index (Phi) is 4.02. The average molecular weight is 298 g/mol. The van der Waals surface area contributed by atoms with E-state index in [1.54, 1.807) is 10.9 Å². The Bertz CT molecular complexity index is 690. The summed E-state index contributed by atoms with van der Waals surface area (Å²) in [6.07, 6.45) is 6.16. The van der Waals surface area contributed by atoms with Gasteiger partial charge in [-0.3, -0.25) is 4.79 Å². The van der Waals surface area contributed by atoms with Crippen molar-refractivity contribution in [3.63, 3.8) is 0 Å². The van der Waals surface area contributed by atoms with Gasteiger partial charge in [-0.25, -0.2) is 4.68 Å². The van der Waals surface area contributed by atoms with Crippen molar-refractivity contribution in [3.05, 3.63) is 53.9 Å². The fourth-order valence-corrected chi connectivity index (χ4v) is 2.45. The number of carbonyl (C=O) groups is 1. The Hall–Kier alpha value is -2.47. The molecule has 1 amide bonds. The second-order valence-electron chi connectivity index (χ2n) is 5.53. The van der Waals surface area contributed by atoms with Crippen LogP contribution in [0.3, 0.4) is 0 Å². The maximum Gasteiger partial charge on any atom is 0.273 e. The highest BCUT2D eigenvalue weighted by Gasteiger charge is 2.21. The Morgan fingerprint density at radius 1 is 1.36 bits per heavy atom. The molecule has 0 fully saturated rings. The van der Waals surface area contributed by atoms with Crippen molar-refractivity contribution in [2.75, 3.05) is 6.61 Å². The molecule has 1 aromatic carbocycles. The molecule has 0 bridgehead atoms. The van der Waals surface area contributed by atoms with Gasteiger partial charge in [-0.1, -0.05) is 35.1 Å². The second kappa shape index (κ2) is 6.11. The molecule has 6 heteroatoms. The predicted octanol–water partition coefficient (Wildman–Crippen LogP) is 1.24. The summed E-state index contributed by atoms with van der Waals surface area (Å²) in [5, 5.41) is 19.9. The molecule has 2 N–H and O–H groups in total. The zero-order valence-corrected chi connectivity index (χ0v) is 12.3. The van der Waals surface area contributed by atoms with Crippen LogP contribution in [0.4, 0.5) is 0 Å². The summed E-state index contributed by atoms with van der Waals surface area (Å²) < 4.78 is 1.58. The lowest BCUT2D eigenvalue weighted by Gasteiger charge is -2.11. The van der Waals surface area contributed by atoms with E-state index >= 15 is 0 Å². The van der Waals surface area contributed by atoms with Gasteiger partial charge in [-0.2, -0.15) is 0 Å². The summed E-state index contributed by atoms with van der Waals surface area (Å²) in [5.74, 6) is -0.139. The number of aryl methyl sites for hydroxylation is 1. The topological polar surface area (TPSA) is 80.0 Å². The Morgan fingerprint density at radius 2 is 2.14 bits per heavy atom. The van der Waals surface area contributed by atoms with Gasteiger partial charge in [0.1, 0.15) is 0 Å². The van der Waals surface area contributed by atoms with Crippen LogP contribution in [0.5, 0.6) is 0 Å². The molecule has 1 aliphatic rings. The first-order chi connectivity index (χ1) is 10.7. The molecule has 2 atom stereocenters. The van der Waals surface area contributed by atoms with E-state index in [1.165, 1.54) is 0 Å². The van der Waals surface area contributed by atoms with E-state index in [-0.39, 0.29) is 30.2 Å². The third-order valence-corrected chi connectivity index (χ3v) is 3.75. The fourth-order valence-electron chi connectivity index (χ4n) is 2.45. The normalized spacial score (nSPS) is 20.3. The van der Waals surface area contributed by atoms with Gasteiger partial charge in [0.25, 0.3) is 5.91 Å². The summed E-state index contributed by atoms with van der Waals surface area (Å²) in [4.78, 5) is 12.2. The molecule has 114 valence electrons. The van der Waals surface area contributed by atoms with Crippen LogP contribution in [-0.2, 0) is 0 Å². The van der Waals surface area contributed by atoms with E-state index in [1.807, 2.05) is 43.3 Å². The van der Waals surface area contributed by atoms with Crippen LogP contribution >= 0.6 is 0 Å². The number of benzene rings is 1. The number of rotatable bonds is 4. The molecule has 6 nitrogen and oxygen atoms in total. The van der Waals surface area contributed by atoms with Gasteiger partial charge >= 0.3 is 0 Å². The van der Waals surface area contributed by atoms with Crippen LogP contribution in [0.25, 0.3) is 5.69 Å². The number of hydrogen-bond acceptors (Lipinski definition) is 4. The smallest absolute Gasteiger partial charge is 0.273 e. The number of aliphatic hydroxyl groups excluding tert-OH is 1. The van der Waals surface area contributed by atoms with Crippen molar-refractivity contribution in [2.24, 2.45) is 5.92 Å². The third kappa shape index (κ3) is 3.07. The number of amides is 1. The van der Waals surface area contributed by atoms with Gasteiger partial charge in [0, 0.05) is 18.6 Å². The summed E-state index contributed by atoms with van der Waals surface area (Å²) in [7, 11) is 0. The van der Waals surface area contributed by atoms with Gasteiger partial charge in [0.05, 0.1) is 11.9 Å². The molecule has 22 heavy (non-hydrogen) atoms. The van der Waals surface area contributed by atoms with Crippen molar-refractivity contribution in [2.45, 2.75) is 19.4 Å². The van der Waals surface area contributed by atoms with Crippen molar-refractivity contribution >= 4 is 5.91 Å². The minimum Gasteiger partial charge on any atom is -0.396 e. The van der Waals surface area contributed by atoms with E-state index < -0.39 is 0 Å². The molecule has 1 aliphatic carbocycles. The van der Waals surface area contributed by atoms with Gasteiger partial charge in [0.15, 0.2) is 5.69 Å². The molecule has 0 unspecified atom stereocenters. The number of aromatic nitrogens is 3. The predicted molar refractivity (Wildman–Crippen MR) is 81.7 cm³/mol. The molecule has 1 heterocycles. The van der Waals surface area contributed by atoms with Gasteiger partial charge in [-0.15, -0.1) is 5.10 Å². The van der Waals surface area contributed by atoms with Crippen LogP contribution in [0.15, 0.2) is 42.6 Å². The lowest BCUT2D eigenvalue weighted by molar-refractivity contribution is 0.0936. The van der Waals surface area contributed by atoms with Crippen molar-refractivity contribution in [3.8, 4) is 5.69 Å². The van der Waals surface area contributed by atoms with E-state index in [4.69, 9.17) is 5.11 Å². The van der Waals surface area contributed by atoms with Gasteiger partial charge in [-0.05, 0) is 25.5 Å². The van der Waals surface area contributed by atoms with Crippen LogP contribution in [0.2, 0.25) is 0 Å². The fraction of sp³-hybridized carbons (Fsp3) is 0.312. The van der Waals surface area contributed by atoms with E-state index in [0.29, 0.717) is 6.42 Å². The Balaban J connectivity index is 1.67. The standard InChI is InChI=1S/C16H18N4O2/c1-11-2-6-14(7-3-11)20-9-15(18-19-20)16(22)17-13-5-4-12(8-13)10-21/h2-7,9,12-13,21H,8,10H2,1H3,(H,17,22)/t12-,13+/m0/s1. The molecule has 0 radical (unpaired) electrons. The maximum atomic E-state index is 12.2. The Morgan fingerprint density at radius 3 is 2.82 bits per heavy atom. The summed E-state index contributed by atoms with van der Waals surface area (Å²) in [5.41, 5.74) is 2.30. The number of aliphatic hydroxyl groups is 1. The van der Waals surface area contributed by atoms with Gasteiger partial charge in [0.2, 0.25) is 0 Å². The summed E-state index contributed by atoms with van der Waals surface area (Å²) in [6.45, 7) is 2.12. The van der Waals surface area contributed by atoms with Crippen molar-refractivity contribution in [1.29, 1.82) is 0 Å². The summed E-state index contributed by atoms with van der Waals surface area (Å²) in [6, 6.07) is 7.76. The lowest BCUT2D eigenvalue weighted by atomic mass is 10.1. The van der Waals surface area contributed by atoms with Crippen molar-refractivity contribution < 1.29 is 9.90 Å². The van der Waals surface area contributed by atoms with Crippen LogP contribution in [0, 0.1) is 12.8 Å². The maximum absolute atomic E-state index is 12.2. The zero-order chi connectivity index (χ0) is 15.5. The van der Waals surface area contributed by atoms with Crippen LogP contribution < -0.4 is 5.32 Å². The quantitative estimate of drug-likeness (QED) is 0.832.